The van der Waals surface area contributed by atoms with Crippen molar-refractivity contribution in [2.75, 3.05) is 26.4 Å². The van der Waals surface area contributed by atoms with Gasteiger partial charge in [0, 0.05) is 37.5 Å². The average Bonchev–Trinajstić information content (AvgIpc) is 3.50. The van der Waals surface area contributed by atoms with Crippen molar-refractivity contribution in [3.05, 3.63) is 0 Å². The molecule has 0 amide bonds. The quantitative estimate of drug-likeness (QED) is 0.683. The highest BCUT2D eigenvalue weighted by Crippen LogP contribution is 2.41. The molecule has 2 aliphatic heterocycles. The Morgan fingerprint density at radius 2 is 0.733 bits per heavy atom. The zero-order valence-electron chi connectivity index (χ0n) is 18.2. The van der Waals surface area contributed by atoms with E-state index in [2.05, 4.69) is 0 Å². The number of hydrogen-bond acceptors (Lipinski definition) is 6. The van der Waals surface area contributed by atoms with Gasteiger partial charge in [-0.1, -0.05) is 0 Å². The van der Waals surface area contributed by atoms with Gasteiger partial charge in [-0.15, -0.1) is 0 Å². The zero-order chi connectivity index (χ0) is 20.8. The summed E-state index contributed by atoms with van der Waals surface area (Å²) in [5.41, 5.74) is 0. The van der Waals surface area contributed by atoms with Gasteiger partial charge < -0.3 is 18.9 Å². The fourth-order valence-electron chi connectivity index (χ4n) is 5.85. The summed E-state index contributed by atoms with van der Waals surface area (Å²) in [6, 6.07) is 0. The number of Topliss-reactive ketones (excluding diaryl/α,β-unsaturated/α-hetero) is 2. The number of carbonyl (C=O) groups excluding carboxylic acids is 2. The molecule has 0 atom stereocenters. The molecule has 0 aromatic heterocycles. The molecule has 6 nitrogen and oxygen atoms in total. The van der Waals surface area contributed by atoms with Crippen molar-refractivity contribution >= 4 is 11.6 Å². The summed E-state index contributed by atoms with van der Waals surface area (Å²) in [6.45, 7) is 2.98. The van der Waals surface area contributed by atoms with Crippen molar-refractivity contribution in [2.45, 2.75) is 89.6 Å². The van der Waals surface area contributed by atoms with Crippen LogP contribution >= 0.6 is 0 Å². The lowest BCUT2D eigenvalue weighted by atomic mass is 9.71. The third-order valence-electron chi connectivity index (χ3n) is 7.72. The Bertz CT molecular complexity index is 538. The molecule has 3 aliphatic carbocycles. The Kier molecular flexibility index (Phi) is 8.33. The number of ether oxygens (including phenoxy) is 4. The Balaban J connectivity index is 0.000000158. The van der Waals surface area contributed by atoms with Crippen LogP contribution in [0, 0.1) is 23.7 Å². The third-order valence-corrected chi connectivity index (χ3v) is 7.72. The smallest absolute Gasteiger partial charge is 0.160 e. The summed E-state index contributed by atoms with van der Waals surface area (Å²) in [7, 11) is 0. The molecule has 2 saturated heterocycles. The normalized spacial score (nSPS) is 32.9. The molecule has 5 rings (SSSR count). The molecule has 2 heterocycles. The maximum absolute atomic E-state index is 11.3. The highest BCUT2D eigenvalue weighted by atomic mass is 16.7. The number of carbonyl (C=O) groups is 2. The zero-order valence-corrected chi connectivity index (χ0v) is 18.2. The lowest BCUT2D eigenvalue weighted by Gasteiger charge is -2.36. The van der Waals surface area contributed by atoms with Gasteiger partial charge in [-0.25, -0.2) is 0 Å². The number of rotatable bonds is 3. The van der Waals surface area contributed by atoms with Gasteiger partial charge in [-0.3, -0.25) is 9.59 Å². The van der Waals surface area contributed by atoms with E-state index in [1.807, 2.05) is 0 Å². The van der Waals surface area contributed by atoms with Crippen LogP contribution in [0.3, 0.4) is 0 Å². The fraction of sp³-hybridized carbons (Fsp3) is 0.917. The van der Waals surface area contributed by atoms with Crippen molar-refractivity contribution in [3.8, 4) is 0 Å². The average molecular weight is 423 g/mol. The maximum Gasteiger partial charge on any atom is 0.160 e. The van der Waals surface area contributed by atoms with E-state index in [4.69, 9.17) is 18.9 Å². The second-order valence-corrected chi connectivity index (χ2v) is 9.65. The van der Waals surface area contributed by atoms with Gasteiger partial charge in [0.1, 0.15) is 11.6 Å². The van der Waals surface area contributed by atoms with Gasteiger partial charge >= 0.3 is 0 Å². The van der Waals surface area contributed by atoms with E-state index in [1.54, 1.807) is 0 Å². The summed E-state index contributed by atoms with van der Waals surface area (Å²) in [6.07, 6.45) is 12.5. The van der Waals surface area contributed by atoms with E-state index < -0.39 is 0 Å². The van der Waals surface area contributed by atoms with Crippen molar-refractivity contribution < 1.29 is 28.5 Å². The summed E-state index contributed by atoms with van der Waals surface area (Å²) in [5.74, 6) is 3.63. The molecule has 0 spiro atoms. The number of hydrogen-bond donors (Lipinski definition) is 0. The van der Waals surface area contributed by atoms with Crippen LogP contribution in [0.25, 0.3) is 0 Å². The monoisotopic (exact) mass is 422 g/mol. The van der Waals surface area contributed by atoms with Gasteiger partial charge in [-0.2, -0.15) is 0 Å². The minimum atomic E-state index is -0.0156. The molecule has 5 fully saturated rings. The SMILES string of the molecule is O=C1CCC(C2CCC(C3OCCO3)CC2)CC1.O=C1CCC(C2OCCO2)CC1. The molecule has 5 aliphatic rings. The molecular weight excluding hydrogens is 384 g/mol. The second kappa shape index (κ2) is 11.2. The Hall–Kier alpha value is -0.820. The first-order valence-corrected chi connectivity index (χ1v) is 12.2. The summed E-state index contributed by atoms with van der Waals surface area (Å²) in [4.78, 5) is 22.2. The van der Waals surface area contributed by atoms with Gasteiger partial charge in [0.25, 0.3) is 0 Å². The maximum atomic E-state index is 11.3. The van der Waals surface area contributed by atoms with Crippen LogP contribution in [0.15, 0.2) is 0 Å². The second-order valence-electron chi connectivity index (χ2n) is 9.65. The van der Waals surface area contributed by atoms with E-state index in [-0.39, 0.29) is 12.6 Å². The molecule has 30 heavy (non-hydrogen) atoms. The van der Waals surface area contributed by atoms with Crippen molar-refractivity contribution in [1.29, 1.82) is 0 Å². The van der Waals surface area contributed by atoms with Crippen LogP contribution in [0.1, 0.15) is 77.0 Å². The summed E-state index contributed by atoms with van der Waals surface area (Å²) >= 11 is 0. The molecule has 6 heteroatoms. The largest absolute Gasteiger partial charge is 0.350 e. The molecule has 3 saturated carbocycles. The predicted molar refractivity (Wildman–Crippen MR) is 111 cm³/mol. The van der Waals surface area contributed by atoms with E-state index in [0.717, 1.165) is 76.8 Å². The minimum Gasteiger partial charge on any atom is -0.350 e. The van der Waals surface area contributed by atoms with Crippen molar-refractivity contribution in [1.82, 2.24) is 0 Å². The van der Waals surface area contributed by atoms with Gasteiger partial charge in [0.05, 0.1) is 26.4 Å². The predicted octanol–water partition coefficient (Wildman–Crippen LogP) is 4.04. The van der Waals surface area contributed by atoms with Crippen LogP contribution in [-0.4, -0.2) is 50.6 Å². The molecular formula is C24H38O6. The van der Waals surface area contributed by atoms with Crippen LogP contribution in [0.5, 0.6) is 0 Å². The Morgan fingerprint density at radius 1 is 0.433 bits per heavy atom. The standard InChI is InChI=1S/C15H24O3.C9H14O3/c16-14-7-5-12(6-8-14)11-1-3-13(4-2-11)15-17-9-10-18-15;10-8-3-1-7(2-4-8)9-11-5-6-12-9/h11-13,15H,1-10H2;7,9H,1-6H2. The highest BCUT2D eigenvalue weighted by Gasteiger charge is 2.35. The fourth-order valence-corrected chi connectivity index (χ4v) is 5.85. The van der Waals surface area contributed by atoms with E-state index in [9.17, 15) is 9.59 Å². The van der Waals surface area contributed by atoms with Gasteiger partial charge in [0.2, 0.25) is 0 Å². The summed E-state index contributed by atoms with van der Waals surface area (Å²) in [5, 5.41) is 0. The van der Waals surface area contributed by atoms with Crippen LogP contribution in [0.4, 0.5) is 0 Å². The van der Waals surface area contributed by atoms with E-state index >= 15 is 0 Å². The van der Waals surface area contributed by atoms with E-state index in [0.29, 0.717) is 36.2 Å². The first kappa shape index (κ1) is 22.4. The summed E-state index contributed by atoms with van der Waals surface area (Å²) < 4.78 is 22.0. The van der Waals surface area contributed by atoms with Gasteiger partial charge in [0.15, 0.2) is 12.6 Å². The minimum absolute atomic E-state index is 0.0156. The molecule has 0 unspecified atom stereocenters. The molecule has 0 aromatic rings. The lowest BCUT2D eigenvalue weighted by Crippen LogP contribution is -2.30. The third kappa shape index (κ3) is 6.12. The Morgan fingerprint density at radius 3 is 1.17 bits per heavy atom. The molecule has 170 valence electrons. The number of ketones is 2. The topological polar surface area (TPSA) is 71.1 Å². The lowest BCUT2D eigenvalue weighted by molar-refractivity contribution is -0.127. The Labute approximate surface area is 180 Å². The van der Waals surface area contributed by atoms with Crippen molar-refractivity contribution in [2.24, 2.45) is 23.7 Å². The van der Waals surface area contributed by atoms with Crippen molar-refractivity contribution in [3.63, 3.8) is 0 Å². The van der Waals surface area contributed by atoms with Gasteiger partial charge in [-0.05, 0) is 63.2 Å². The first-order valence-electron chi connectivity index (χ1n) is 12.2. The first-order chi connectivity index (χ1) is 14.7. The van der Waals surface area contributed by atoms with E-state index in [1.165, 1.54) is 25.7 Å². The molecule has 0 radical (unpaired) electrons. The van der Waals surface area contributed by atoms with Crippen LogP contribution < -0.4 is 0 Å². The highest BCUT2D eigenvalue weighted by molar-refractivity contribution is 5.79. The molecule has 0 bridgehead atoms. The molecule has 0 aromatic carbocycles. The van der Waals surface area contributed by atoms with Crippen LogP contribution in [-0.2, 0) is 28.5 Å². The van der Waals surface area contributed by atoms with Crippen LogP contribution in [0.2, 0.25) is 0 Å². The molecule has 0 N–H and O–H groups in total.